The topological polar surface area (TPSA) is 92.5 Å². The lowest BCUT2D eigenvalue weighted by Crippen LogP contribution is -2.09. The summed E-state index contributed by atoms with van der Waals surface area (Å²) in [7, 11) is 0. The smallest absolute Gasteiger partial charge is 0.223 e. The Morgan fingerprint density at radius 1 is 1.29 bits per heavy atom. The zero-order valence-corrected chi connectivity index (χ0v) is 12.3. The van der Waals surface area contributed by atoms with Crippen molar-refractivity contribution < 1.29 is 4.52 Å². The average molecular weight is 286 g/mol. The molecule has 7 heteroatoms. The van der Waals surface area contributed by atoms with E-state index in [2.05, 4.69) is 51.4 Å². The molecule has 0 saturated carbocycles. The van der Waals surface area contributed by atoms with Crippen LogP contribution in [0.4, 0.5) is 5.95 Å². The van der Waals surface area contributed by atoms with Crippen LogP contribution in [0.3, 0.4) is 0 Å². The largest absolute Gasteiger partial charge is 0.361 e. The molecular weight excluding hydrogens is 268 g/mol. The Labute approximate surface area is 122 Å². The second-order valence-electron chi connectivity index (χ2n) is 5.97. The van der Waals surface area contributed by atoms with Crippen molar-refractivity contribution in [3.8, 4) is 0 Å². The van der Waals surface area contributed by atoms with E-state index in [9.17, 15) is 0 Å². The van der Waals surface area contributed by atoms with Crippen LogP contribution in [-0.2, 0) is 11.8 Å². The van der Waals surface area contributed by atoms with Gasteiger partial charge in [0.25, 0.3) is 0 Å². The number of H-pyrrole nitrogens is 1. The van der Waals surface area contributed by atoms with E-state index < -0.39 is 0 Å². The van der Waals surface area contributed by atoms with Crippen molar-refractivity contribution in [2.75, 3.05) is 11.9 Å². The SMILES string of the molecule is CC(C)(C)c1cc(CCNc2ncc3[nH]ncc3n2)no1. The summed E-state index contributed by atoms with van der Waals surface area (Å²) in [6.45, 7) is 7.00. The van der Waals surface area contributed by atoms with Crippen LogP contribution >= 0.6 is 0 Å². The van der Waals surface area contributed by atoms with E-state index in [1.807, 2.05) is 6.07 Å². The molecule has 3 rings (SSSR count). The number of rotatable bonds is 4. The Kier molecular flexibility index (Phi) is 3.32. The van der Waals surface area contributed by atoms with Crippen molar-refractivity contribution in [1.29, 1.82) is 0 Å². The first kappa shape index (κ1) is 13.5. The summed E-state index contributed by atoms with van der Waals surface area (Å²) >= 11 is 0. The maximum atomic E-state index is 5.36. The van der Waals surface area contributed by atoms with Gasteiger partial charge in [0.05, 0.1) is 18.1 Å². The van der Waals surface area contributed by atoms with Crippen LogP contribution in [0.1, 0.15) is 32.2 Å². The third-order valence-corrected chi connectivity index (χ3v) is 3.15. The molecule has 0 amide bonds. The van der Waals surface area contributed by atoms with E-state index in [4.69, 9.17) is 4.52 Å². The predicted octanol–water partition coefficient (Wildman–Crippen LogP) is 2.29. The Balaban J connectivity index is 1.59. The molecule has 0 spiro atoms. The van der Waals surface area contributed by atoms with Crippen LogP contribution in [0, 0.1) is 0 Å². The Hall–Kier alpha value is -2.44. The first-order chi connectivity index (χ1) is 10.0. The summed E-state index contributed by atoms with van der Waals surface area (Å²) < 4.78 is 5.36. The van der Waals surface area contributed by atoms with Crippen LogP contribution in [0.25, 0.3) is 11.0 Å². The molecule has 0 radical (unpaired) electrons. The molecule has 0 unspecified atom stereocenters. The monoisotopic (exact) mass is 286 g/mol. The van der Waals surface area contributed by atoms with Gasteiger partial charge in [0.15, 0.2) is 0 Å². The average Bonchev–Trinajstić information content (AvgIpc) is 3.05. The molecule has 0 aliphatic heterocycles. The van der Waals surface area contributed by atoms with Crippen molar-refractivity contribution in [1.82, 2.24) is 25.3 Å². The lowest BCUT2D eigenvalue weighted by atomic mass is 9.93. The van der Waals surface area contributed by atoms with Gasteiger partial charge in [-0.2, -0.15) is 5.10 Å². The first-order valence-corrected chi connectivity index (χ1v) is 6.88. The minimum atomic E-state index is -0.0197. The van der Waals surface area contributed by atoms with Crippen LogP contribution in [0.5, 0.6) is 0 Å². The van der Waals surface area contributed by atoms with Gasteiger partial charge in [-0.05, 0) is 0 Å². The molecule has 21 heavy (non-hydrogen) atoms. The maximum Gasteiger partial charge on any atom is 0.223 e. The van der Waals surface area contributed by atoms with Crippen molar-refractivity contribution in [3.63, 3.8) is 0 Å². The van der Waals surface area contributed by atoms with E-state index in [-0.39, 0.29) is 5.41 Å². The van der Waals surface area contributed by atoms with Gasteiger partial charge in [0, 0.05) is 24.4 Å². The fraction of sp³-hybridized carbons (Fsp3) is 0.429. The quantitative estimate of drug-likeness (QED) is 0.764. The number of anilines is 1. The molecule has 0 aromatic carbocycles. The molecule has 3 heterocycles. The standard InChI is InChI=1S/C14H18N6O/c1-14(2,3)12-6-9(20-21-12)4-5-15-13-16-7-11-10(18-13)8-17-19-11/h6-8H,4-5H2,1-3H3,(H,17,19)(H,15,16,18). The van der Waals surface area contributed by atoms with Gasteiger partial charge in [0.2, 0.25) is 5.95 Å². The number of nitrogens with zero attached hydrogens (tertiary/aromatic N) is 4. The fourth-order valence-corrected chi connectivity index (χ4v) is 1.91. The highest BCUT2D eigenvalue weighted by molar-refractivity contribution is 5.73. The zero-order valence-electron chi connectivity index (χ0n) is 12.3. The summed E-state index contributed by atoms with van der Waals surface area (Å²) in [5, 5.41) is 14.0. The minimum Gasteiger partial charge on any atom is -0.361 e. The molecule has 110 valence electrons. The highest BCUT2D eigenvalue weighted by Gasteiger charge is 2.19. The van der Waals surface area contributed by atoms with Crippen molar-refractivity contribution >= 4 is 17.0 Å². The zero-order chi connectivity index (χ0) is 14.9. The summed E-state index contributed by atoms with van der Waals surface area (Å²) in [6, 6.07) is 2.00. The van der Waals surface area contributed by atoms with E-state index in [0.29, 0.717) is 12.5 Å². The van der Waals surface area contributed by atoms with E-state index >= 15 is 0 Å². The van der Waals surface area contributed by atoms with Crippen molar-refractivity contribution in [2.45, 2.75) is 32.6 Å². The highest BCUT2D eigenvalue weighted by Crippen LogP contribution is 2.22. The number of nitrogens with one attached hydrogen (secondary N) is 2. The van der Waals surface area contributed by atoms with Crippen LogP contribution in [0.2, 0.25) is 0 Å². The molecule has 0 fully saturated rings. The lowest BCUT2D eigenvalue weighted by molar-refractivity contribution is 0.326. The fourth-order valence-electron chi connectivity index (χ4n) is 1.91. The molecule has 0 aliphatic carbocycles. The van der Waals surface area contributed by atoms with Gasteiger partial charge in [0.1, 0.15) is 16.8 Å². The second kappa shape index (κ2) is 5.16. The van der Waals surface area contributed by atoms with Gasteiger partial charge in [-0.25, -0.2) is 9.97 Å². The van der Waals surface area contributed by atoms with E-state index in [1.54, 1.807) is 12.4 Å². The molecule has 0 atom stereocenters. The van der Waals surface area contributed by atoms with E-state index in [0.717, 1.165) is 28.9 Å². The Bertz CT molecular complexity index is 739. The minimum absolute atomic E-state index is 0.0197. The third kappa shape index (κ3) is 3.01. The molecule has 0 aliphatic rings. The summed E-state index contributed by atoms with van der Waals surface area (Å²) in [5.74, 6) is 1.48. The number of aromatic amines is 1. The molecule has 7 nitrogen and oxygen atoms in total. The van der Waals surface area contributed by atoms with Gasteiger partial charge < -0.3 is 9.84 Å². The number of fused-ring (bicyclic) bond motifs is 1. The molecule has 3 aromatic heterocycles. The molecule has 2 N–H and O–H groups in total. The third-order valence-electron chi connectivity index (χ3n) is 3.15. The second-order valence-corrected chi connectivity index (χ2v) is 5.97. The number of hydrogen-bond donors (Lipinski definition) is 2. The highest BCUT2D eigenvalue weighted by atomic mass is 16.5. The van der Waals surface area contributed by atoms with Crippen LogP contribution in [-0.4, -0.2) is 31.9 Å². The maximum absolute atomic E-state index is 5.36. The Morgan fingerprint density at radius 3 is 2.90 bits per heavy atom. The summed E-state index contributed by atoms with van der Waals surface area (Å²) in [4.78, 5) is 8.57. The predicted molar refractivity (Wildman–Crippen MR) is 79.1 cm³/mol. The molecule has 0 bridgehead atoms. The van der Waals surface area contributed by atoms with E-state index in [1.165, 1.54) is 0 Å². The van der Waals surface area contributed by atoms with Crippen LogP contribution < -0.4 is 5.32 Å². The van der Waals surface area contributed by atoms with Gasteiger partial charge >= 0.3 is 0 Å². The first-order valence-electron chi connectivity index (χ1n) is 6.88. The number of hydrogen-bond acceptors (Lipinski definition) is 6. The summed E-state index contributed by atoms with van der Waals surface area (Å²) in [5.41, 5.74) is 2.53. The number of aromatic nitrogens is 5. The van der Waals surface area contributed by atoms with Crippen LogP contribution in [0.15, 0.2) is 23.0 Å². The molecule has 3 aromatic rings. The lowest BCUT2D eigenvalue weighted by Gasteiger charge is -2.12. The van der Waals surface area contributed by atoms with Gasteiger partial charge in [-0.1, -0.05) is 25.9 Å². The van der Waals surface area contributed by atoms with Gasteiger partial charge in [-0.3, -0.25) is 5.10 Å². The van der Waals surface area contributed by atoms with Crippen molar-refractivity contribution in [3.05, 3.63) is 29.9 Å². The van der Waals surface area contributed by atoms with Crippen molar-refractivity contribution in [2.24, 2.45) is 0 Å². The van der Waals surface area contributed by atoms with Gasteiger partial charge in [-0.15, -0.1) is 0 Å². The molecule has 0 saturated heterocycles. The normalized spacial score (nSPS) is 12.0. The Morgan fingerprint density at radius 2 is 2.14 bits per heavy atom. The molecular formula is C14H18N6O. The summed E-state index contributed by atoms with van der Waals surface area (Å²) in [6.07, 6.45) is 4.15.